The molecule has 0 amide bonds. The number of aryl methyl sites for hydroxylation is 1. The van der Waals surface area contributed by atoms with Crippen LogP contribution in [0.4, 0.5) is 0 Å². The molecule has 0 bridgehead atoms. The van der Waals surface area contributed by atoms with Crippen LogP contribution in [-0.4, -0.2) is 30.0 Å². The van der Waals surface area contributed by atoms with E-state index in [1.807, 2.05) is 0 Å². The first kappa shape index (κ1) is 12.4. The van der Waals surface area contributed by atoms with Crippen LogP contribution in [0.3, 0.4) is 0 Å². The number of carboxylic acids is 1. The lowest BCUT2D eigenvalue weighted by Crippen LogP contribution is -2.08. The molecule has 2 rings (SSSR count). The maximum atomic E-state index is 12.2. The van der Waals surface area contributed by atoms with Gasteiger partial charge in [0, 0.05) is 7.05 Å². The maximum absolute atomic E-state index is 12.2. The second-order valence-corrected chi connectivity index (χ2v) is 5.01. The highest BCUT2D eigenvalue weighted by atomic mass is 32.2. The number of hydrogen-bond acceptors (Lipinski definition) is 4. The van der Waals surface area contributed by atoms with Crippen molar-refractivity contribution >= 4 is 16.8 Å². The van der Waals surface area contributed by atoms with E-state index in [2.05, 4.69) is 10.1 Å². The van der Waals surface area contributed by atoms with Crippen molar-refractivity contribution in [3.63, 3.8) is 0 Å². The van der Waals surface area contributed by atoms with Gasteiger partial charge >= 0.3 is 5.97 Å². The highest BCUT2D eigenvalue weighted by Gasteiger charge is 2.16. The molecule has 18 heavy (non-hydrogen) atoms. The second-order valence-electron chi connectivity index (χ2n) is 3.59. The summed E-state index contributed by atoms with van der Waals surface area (Å²) < 4.78 is 13.7. The fourth-order valence-corrected chi connectivity index (χ4v) is 2.77. The van der Waals surface area contributed by atoms with E-state index in [1.54, 1.807) is 25.2 Å². The van der Waals surface area contributed by atoms with Gasteiger partial charge in [0.15, 0.2) is 0 Å². The molecule has 0 radical (unpaired) electrons. The van der Waals surface area contributed by atoms with Crippen molar-refractivity contribution in [1.82, 2.24) is 14.8 Å². The molecule has 1 aromatic carbocycles. The number of nitrogens with zero attached hydrogens (tertiary/aromatic N) is 3. The van der Waals surface area contributed by atoms with Gasteiger partial charge in [-0.2, -0.15) is 5.10 Å². The van der Waals surface area contributed by atoms with Gasteiger partial charge in [-0.15, -0.1) is 0 Å². The van der Waals surface area contributed by atoms with E-state index in [1.165, 1.54) is 17.1 Å². The van der Waals surface area contributed by atoms with Gasteiger partial charge in [-0.1, -0.05) is 12.1 Å². The Kier molecular flexibility index (Phi) is 3.52. The Balaban J connectivity index is 2.30. The zero-order valence-electron chi connectivity index (χ0n) is 9.61. The van der Waals surface area contributed by atoms with E-state index in [-0.39, 0.29) is 11.3 Å². The number of aromatic nitrogens is 3. The third-order valence-corrected chi connectivity index (χ3v) is 3.80. The van der Waals surface area contributed by atoms with Crippen molar-refractivity contribution in [2.75, 3.05) is 0 Å². The molecule has 0 fully saturated rings. The van der Waals surface area contributed by atoms with E-state index in [0.29, 0.717) is 10.7 Å². The van der Waals surface area contributed by atoms with Gasteiger partial charge in [0.05, 0.1) is 27.0 Å². The predicted octanol–water partition coefficient (Wildman–Crippen LogP) is 0.821. The molecule has 1 N–H and O–H groups in total. The van der Waals surface area contributed by atoms with Crippen LogP contribution >= 0.6 is 0 Å². The van der Waals surface area contributed by atoms with Gasteiger partial charge in [0.2, 0.25) is 0 Å². The fourth-order valence-electron chi connectivity index (χ4n) is 1.49. The maximum Gasteiger partial charge on any atom is 0.336 e. The molecule has 1 heterocycles. The van der Waals surface area contributed by atoms with Crippen molar-refractivity contribution in [1.29, 1.82) is 0 Å². The molecule has 1 unspecified atom stereocenters. The van der Waals surface area contributed by atoms with Crippen molar-refractivity contribution in [2.24, 2.45) is 7.05 Å². The van der Waals surface area contributed by atoms with E-state index in [9.17, 15) is 9.00 Å². The van der Waals surface area contributed by atoms with Crippen molar-refractivity contribution in [3.05, 3.63) is 42.0 Å². The van der Waals surface area contributed by atoms with Crippen molar-refractivity contribution in [3.8, 4) is 0 Å². The normalized spacial score (nSPS) is 12.3. The van der Waals surface area contributed by atoms with Crippen LogP contribution in [0.25, 0.3) is 0 Å². The Labute approximate surface area is 106 Å². The van der Waals surface area contributed by atoms with Gasteiger partial charge in [0.1, 0.15) is 12.2 Å². The predicted molar refractivity (Wildman–Crippen MR) is 64.5 cm³/mol. The summed E-state index contributed by atoms with van der Waals surface area (Å²) in [7, 11) is 0.238. The van der Waals surface area contributed by atoms with Gasteiger partial charge in [-0.3, -0.25) is 8.89 Å². The molecule has 1 aromatic heterocycles. The molecule has 1 atom stereocenters. The first-order chi connectivity index (χ1) is 8.59. The van der Waals surface area contributed by atoms with Crippen LogP contribution < -0.4 is 0 Å². The first-order valence-corrected chi connectivity index (χ1v) is 6.45. The summed E-state index contributed by atoms with van der Waals surface area (Å²) in [5, 5.41) is 12.9. The molecule has 0 aliphatic carbocycles. The lowest BCUT2D eigenvalue weighted by Gasteiger charge is -2.05. The minimum Gasteiger partial charge on any atom is -0.478 e. The average Bonchev–Trinajstić information content (AvgIpc) is 2.75. The lowest BCUT2D eigenvalue weighted by atomic mass is 10.2. The Hall–Kier alpha value is -2.02. The molecular formula is C11H11N3O3S. The first-order valence-electron chi connectivity index (χ1n) is 5.13. The van der Waals surface area contributed by atoms with Crippen LogP contribution in [0.15, 0.2) is 35.5 Å². The summed E-state index contributed by atoms with van der Waals surface area (Å²) >= 11 is 0. The zero-order valence-corrected chi connectivity index (χ0v) is 10.4. The summed E-state index contributed by atoms with van der Waals surface area (Å²) in [4.78, 5) is 15.3. The number of carbonyl (C=O) groups is 1. The van der Waals surface area contributed by atoms with E-state index in [4.69, 9.17) is 5.11 Å². The van der Waals surface area contributed by atoms with Crippen LogP contribution in [0.5, 0.6) is 0 Å². The molecule has 0 saturated heterocycles. The summed E-state index contributed by atoms with van der Waals surface area (Å²) in [6, 6.07) is 6.25. The molecule has 0 spiro atoms. The Morgan fingerprint density at radius 1 is 1.44 bits per heavy atom. The topological polar surface area (TPSA) is 85.1 Å². The average molecular weight is 265 g/mol. The molecule has 94 valence electrons. The molecule has 0 aliphatic heterocycles. The van der Waals surface area contributed by atoms with Gasteiger partial charge < -0.3 is 5.11 Å². The zero-order chi connectivity index (χ0) is 13.1. The monoisotopic (exact) mass is 265 g/mol. The fraction of sp³-hybridized carbons (Fsp3) is 0.182. The quantitative estimate of drug-likeness (QED) is 0.884. The van der Waals surface area contributed by atoms with Crippen molar-refractivity contribution in [2.45, 2.75) is 10.6 Å². The third-order valence-electron chi connectivity index (χ3n) is 2.43. The number of aromatic carboxylic acids is 1. The van der Waals surface area contributed by atoms with Crippen LogP contribution in [0, 0.1) is 0 Å². The summed E-state index contributed by atoms with van der Waals surface area (Å²) in [5.74, 6) is -0.397. The molecule has 6 nitrogen and oxygen atoms in total. The summed E-state index contributed by atoms with van der Waals surface area (Å²) in [5.41, 5.74) is 0.0537. The molecule has 0 saturated carbocycles. The van der Waals surface area contributed by atoms with E-state index >= 15 is 0 Å². The Morgan fingerprint density at radius 2 is 2.17 bits per heavy atom. The van der Waals surface area contributed by atoms with Crippen LogP contribution in [0.2, 0.25) is 0 Å². The number of rotatable bonds is 4. The largest absolute Gasteiger partial charge is 0.478 e. The molecule has 2 aromatic rings. The number of benzene rings is 1. The van der Waals surface area contributed by atoms with Crippen LogP contribution in [-0.2, 0) is 23.6 Å². The highest BCUT2D eigenvalue weighted by molar-refractivity contribution is 7.84. The number of hydrogen-bond donors (Lipinski definition) is 1. The Morgan fingerprint density at radius 3 is 2.78 bits per heavy atom. The van der Waals surface area contributed by atoms with E-state index in [0.717, 1.165) is 0 Å². The second kappa shape index (κ2) is 5.09. The number of carboxylic acid groups (broad SMARTS) is 1. The standard InChI is InChI=1S/C11H11N3O3S/c1-14-10(12-7-13-14)6-18(17)9-5-3-2-4-8(9)11(15)16/h2-5,7H,6H2,1H3,(H,15,16). The van der Waals surface area contributed by atoms with Gasteiger partial charge in [0.25, 0.3) is 0 Å². The molecule has 0 aliphatic rings. The SMILES string of the molecule is Cn1ncnc1CS(=O)c1ccccc1C(=O)O. The Bertz CT molecular complexity index is 609. The minimum atomic E-state index is -1.46. The van der Waals surface area contributed by atoms with E-state index < -0.39 is 16.8 Å². The highest BCUT2D eigenvalue weighted by Crippen LogP contribution is 2.16. The third kappa shape index (κ3) is 2.45. The molecule has 7 heteroatoms. The van der Waals surface area contributed by atoms with Gasteiger partial charge in [-0.25, -0.2) is 9.78 Å². The summed E-state index contributed by atoms with van der Waals surface area (Å²) in [6.45, 7) is 0. The molecular weight excluding hydrogens is 254 g/mol. The van der Waals surface area contributed by atoms with Crippen molar-refractivity contribution < 1.29 is 14.1 Å². The summed E-state index contributed by atoms with van der Waals surface area (Å²) in [6.07, 6.45) is 1.37. The minimum absolute atomic E-state index is 0.0537. The van der Waals surface area contributed by atoms with Gasteiger partial charge in [-0.05, 0) is 12.1 Å². The lowest BCUT2D eigenvalue weighted by molar-refractivity contribution is 0.0693. The van der Waals surface area contributed by atoms with Crippen LogP contribution in [0.1, 0.15) is 16.2 Å². The smallest absolute Gasteiger partial charge is 0.336 e.